The zero-order valence-corrected chi connectivity index (χ0v) is 10.7. The molecule has 3 atom stereocenters. The molecular weight excluding hydrogens is 204 g/mol. The Morgan fingerprint density at radius 3 is 2.31 bits per heavy atom. The van der Waals surface area contributed by atoms with Crippen LogP contribution in [0.4, 0.5) is 0 Å². The van der Waals surface area contributed by atoms with Crippen molar-refractivity contribution in [3.63, 3.8) is 0 Å². The van der Waals surface area contributed by atoms with Crippen molar-refractivity contribution in [3.8, 4) is 0 Å². The summed E-state index contributed by atoms with van der Waals surface area (Å²) in [7, 11) is 0. The van der Waals surface area contributed by atoms with E-state index in [0.717, 1.165) is 12.7 Å². The highest BCUT2D eigenvalue weighted by atomic mass is 16.2. The molecule has 0 aromatic heterocycles. The highest BCUT2D eigenvalue weighted by Crippen LogP contribution is 2.07. The molecule has 0 rings (SSSR count). The lowest BCUT2D eigenvalue weighted by Crippen LogP contribution is -2.48. The average molecular weight is 228 g/mol. The van der Waals surface area contributed by atoms with E-state index in [0.29, 0.717) is 12.3 Å². The number of hydrogen-bond donors (Lipinski definition) is 2. The molecule has 0 aliphatic heterocycles. The smallest absolute Gasteiger partial charge is 0.237 e. The topological polar surface area (TPSA) is 72.2 Å². The van der Waals surface area contributed by atoms with Gasteiger partial charge in [0.1, 0.15) is 6.29 Å². The third-order valence-electron chi connectivity index (χ3n) is 2.77. The standard InChI is InChI=1S/C12H24N2O2/c1-5-9(4)11(7-15)14-12(16)10(13)6-8(2)3/h7-11H,5-6,13H2,1-4H3,(H,14,16). The first-order valence-electron chi connectivity index (χ1n) is 5.93. The van der Waals surface area contributed by atoms with E-state index < -0.39 is 12.1 Å². The molecule has 3 unspecified atom stereocenters. The maximum Gasteiger partial charge on any atom is 0.237 e. The average Bonchev–Trinajstić information content (AvgIpc) is 2.23. The summed E-state index contributed by atoms with van der Waals surface area (Å²) >= 11 is 0. The molecule has 16 heavy (non-hydrogen) atoms. The molecule has 0 saturated carbocycles. The molecule has 0 bridgehead atoms. The molecule has 0 radical (unpaired) electrons. The first-order chi connectivity index (χ1) is 7.42. The lowest BCUT2D eigenvalue weighted by molar-refractivity contribution is -0.126. The van der Waals surface area contributed by atoms with Gasteiger partial charge in [-0.1, -0.05) is 34.1 Å². The second-order valence-corrected chi connectivity index (χ2v) is 4.79. The number of amides is 1. The summed E-state index contributed by atoms with van der Waals surface area (Å²) in [6, 6.07) is -0.942. The van der Waals surface area contributed by atoms with E-state index in [2.05, 4.69) is 5.32 Å². The van der Waals surface area contributed by atoms with Gasteiger partial charge in [-0.05, 0) is 18.3 Å². The minimum atomic E-state index is -0.522. The summed E-state index contributed by atoms with van der Waals surface area (Å²) in [5.41, 5.74) is 5.73. The molecule has 0 aliphatic carbocycles. The molecule has 0 aliphatic rings. The fraction of sp³-hybridized carbons (Fsp3) is 0.833. The summed E-state index contributed by atoms with van der Waals surface area (Å²) in [5.74, 6) is 0.290. The number of carbonyl (C=O) groups excluding carboxylic acids is 2. The van der Waals surface area contributed by atoms with Crippen LogP contribution in [-0.2, 0) is 9.59 Å². The van der Waals surface area contributed by atoms with Gasteiger partial charge in [-0.25, -0.2) is 0 Å². The summed E-state index contributed by atoms with van der Waals surface area (Å²) < 4.78 is 0. The summed E-state index contributed by atoms with van der Waals surface area (Å²) in [5, 5.41) is 2.69. The van der Waals surface area contributed by atoms with Gasteiger partial charge in [-0.3, -0.25) is 4.79 Å². The van der Waals surface area contributed by atoms with E-state index >= 15 is 0 Å². The zero-order chi connectivity index (χ0) is 12.7. The highest BCUT2D eigenvalue weighted by Gasteiger charge is 2.21. The molecule has 0 spiro atoms. The van der Waals surface area contributed by atoms with Crippen LogP contribution in [0.1, 0.15) is 40.5 Å². The van der Waals surface area contributed by atoms with Crippen molar-refractivity contribution in [3.05, 3.63) is 0 Å². The predicted molar refractivity (Wildman–Crippen MR) is 64.9 cm³/mol. The number of aldehydes is 1. The molecule has 0 saturated heterocycles. The lowest BCUT2D eigenvalue weighted by Gasteiger charge is -2.21. The van der Waals surface area contributed by atoms with Crippen LogP contribution in [-0.4, -0.2) is 24.3 Å². The summed E-state index contributed by atoms with van der Waals surface area (Å²) in [4.78, 5) is 22.5. The zero-order valence-electron chi connectivity index (χ0n) is 10.7. The van der Waals surface area contributed by atoms with Gasteiger partial charge >= 0.3 is 0 Å². The molecule has 4 heteroatoms. The van der Waals surface area contributed by atoms with E-state index in [1.165, 1.54) is 0 Å². The molecule has 4 nitrogen and oxygen atoms in total. The van der Waals surface area contributed by atoms with Gasteiger partial charge in [0.25, 0.3) is 0 Å². The highest BCUT2D eigenvalue weighted by molar-refractivity contribution is 5.84. The number of carbonyl (C=O) groups is 2. The second-order valence-electron chi connectivity index (χ2n) is 4.79. The van der Waals surface area contributed by atoms with Crippen LogP contribution in [0, 0.1) is 11.8 Å². The fourth-order valence-corrected chi connectivity index (χ4v) is 1.45. The van der Waals surface area contributed by atoms with Crippen molar-refractivity contribution in [2.45, 2.75) is 52.6 Å². The van der Waals surface area contributed by atoms with E-state index in [-0.39, 0.29) is 11.8 Å². The Kier molecular flexibility index (Phi) is 6.97. The molecule has 1 amide bonds. The molecule has 3 N–H and O–H groups in total. The fourth-order valence-electron chi connectivity index (χ4n) is 1.45. The number of rotatable bonds is 7. The molecule has 0 aromatic carbocycles. The van der Waals surface area contributed by atoms with Crippen molar-refractivity contribution < 1.29 is 9.59 Å². The van der Waals surface area contributed by atoms with Gasteiger partial charge in [-0.15, -0.1) is 0 Å². The van der Waals surface area contributed by atoms with Crippen molar-refractivity contribution in [2.24, 2.45) is 17.6 Å². The minimum Gasteiger partial charge on any atom is -0.345 e. The van der Waals surface area contributed by atoms with E-state index in [1.807, 2.05) is 27.7 Å². The molecule has 0 fully saturated rings. The van der Waals surface area contributed by atoms with Crippen LogP contribution >= 0.6 is 0 Å². The largest absolute Gasteiger partial charge is 0.345 e. The van der Waals surface area contributed by atoms with Crippen molar-refractivity contribution in [1.82, 2.24) is 5.32 Å². The van der Waals surface area contributed by atoms with E-state index in [4.69, 9.17) is 5.73 Å². The van der Waals surface area contributed by atoms with Gasteiger partial charge in [-0.2, -0.15) is 0 Å². The Bertz CT molecular complexity index is 229. The van der Waals surface area contributed by atoms with Gasteiger partial charge in [0.05, 0.1) is 12.1 Å². The molecule has 94 valence electrons. The van der Waals surface area contributed by atoms with Gasteiger partial charge in [0.15, 0.2) is 0 Å². The maximum atomic E-state index is 11.7. The van der Waals surface area contributed by atoms with Crippen LogP contribution in [0.3, 0.4) is 0 Å². The Morgan fingerprint density at radius 2 is 1.94 bits per heavy atom. The van der Waals surface area contributed by atoms with Crippen molar-refractivity contribution in [1.29, 1.82) is 0 Å². The van der Waals surface area contributed by atoms with Crippen LogP contribution < -0.4 is 11.1 Å². The van der Waals surface area contributed by atoms with Crippen LogP contribution in [0.25, 0.3) is 0 Å². The SMILES string of the molecule is CCC(C)C(C=O)NC(=O)C(N)CC(C)C. The number of nitrogens with one attached hydrogen (secondary N) is 1. The van der Waals surface area contributed by atoms with Gasteiger partial charge in [0, 0.05) is 0 Å². The Balaban J connectivity index is 4.24. The van der Waals surface area contributed by atoms with Crippen molar-refractivity contribution >= 4 is 12.2 Å². The van der Waals surface area contributed by atoms with E-state index in [9.17, 15) is 9.59 Å². The summed E-state index contributed by atoms with van der Waals surface area (Å²) in [6.45, 7) is 7.95. The van der Waals surface area contributed by atoms with Crippen LogP contribution in [0.5, 0.6) is 0 Å². The number of hydrogen-bond acceptors (Lipinski definition) is 3. The van der Waals surface area contributed by atoms with Gasteiger partial charge < -0.3 is 15.8 Å². The van der Waals surface area contributed by atoms with Crippen LogP contribution in [0.2, 0.25) is 0 Å². The number of nitrogens with two attached hydrogens (primary N) is 1. The molecular formula is C12H24N2O2. The first kappa shape index (κ1) is 15.1. The quantitative estimate of drug-likeness (QED) is 0.641. The third-order valence-corrected chi connectivity index (χ3v) is 2.77. The second kappa shape index (κ2) is 7.39. The molecule has 0 aromatic rings. The van der Waals surface area contributed by atoms with Crippen molar-refractivity contribution in [2.75, 3.05) is 0 Å². The Hall–Kier alpha value is -0.900. The normalized spacial score (nSPS) is 16.6. The predicted octanol–water partition coefficient (Wildman–Crippen LogP) is 1.09. The minimum absolute atomic E-state index is 0.146. The first-order valence-corrected chi connectivity index (χ1v) is 5.93. The summed E-state index contributed by atoms with van der Waals surface area (Å²) in [6.07, 6.45) is 2.27. The third kappa shape index (κ3) is 5.26. The molecule has 0 heterocycles. The monoisotopic (exact) mass is 228 g/mol. The lowest BCUT2D eigenvalue weighted by atomic mass is 9.99. The van der Waals surface area contributed by atoms with Gasteiger partial charge in [0.2, 0.25) is 5.91 Å². The Morgan fingerprint density at radius 1 is 1.38 bits per heavy atom. The Labute approximate surface area is 98.0 Å². The van der Waals surface area contributed by atoms with E-state index in [1.54, 1.807) is 0 Å². The van der Waals surface area contributed by atoms with Crippen LogP contribution in [0.15, 0.2) is 0 Å². The maximum absolute atomic E-state index is 11.7.